The zero-order valence-corrected chi connectivity index (χ0v) is 21.3. The molecule has 0 aromatic heterocycles. The predicted octanol–water partition coefficient (Wildman–Crippen LogP) is 6.64. The van der Waals surface area contributed by atoms with E-state index in [4.69, 9.17) is 25.8 Å². The first-order valence-corrected chi connectivity index (χ1v) is 11.7. The lowest BCUT2D eigenvalue weighted by Crippen LogP contribution is -2.05. The van der Waals surface area contributed by atoms with E-state index in [9.17, 15) is 4.79 Å². The van der Waals surface area contributed by atoms with Crippen molar-refractivity contribution >= 4 is 68.1 Å². The van der Waals surface area contributed by atoms with Gasteiger partial charge in [-0.05, 0) is 88.3 Å². The molecule has 0 aliphatic carbocycles. The van der Waals surface area contributed by atoms with Gasteiger partial charge in [0, 0.05) is 13.6 Å². The van der Waals surface area contributed by atoms with Crippen LogP contribution in [0.4, 0.5) is 0 Å². The summed E-state index contributed by atoms with van der Waals surface area (Å²) in [6, 6.07) is 18.8. The fraction of sp³-hybridized carbons (Fsp3) is 0.0833. The Balaban J connectivity index is 1.58. The minimum absolute atomic E-state index is 0.175. The van der Waals surface area contributed by atoms with Gasteiger partial charge in [-0.25, -0.2) is 9.79 Å². The van der Waals surface area contributed by atoms with E-state index in [-0.39, 0.29) is 11.6 Å². The third kappa shape index (κ3) is 5.33. The maximum Gasteiger partial charge on any atom is 0.363 e. The molecule has 8 heteroatoms. The first-order valence-electron chi connectivity index (χ1n) is 9.46. The van der Waals surface area contributed by atoms with Gasteiger partial charge < -0.3 is 14.2 Å². The van der Waals surface area contributed by atoms with Crippen LogP contribution in [0.5, 0.6) is 11.5 Å². The van der Waals surface area contributed by atoms with Gasteiger partial charge in [0.25, 0.3) is 0 Å². The monoisotopic (exact) mass is 623 g/mol. The van der Waals surface area contributed by atoms with E-state index in [2.05, 4.69) is 43.5 Å². The number of benzene rings is 3. The molecule has 0 N–H and O–H groups in total. The second-order valence-electron chi connectivity index (χ2n) is 6.79. The number of aliphatic imine (C=N–C) groups is 1. The van der Waals surface area contributed by atoms with Crippen LogP contribution in [-0.4, -0.2) is 19.0 Å². The van der Waals surface area contributed by atoms with Crippen LogP contribution in [0.15, 0.2) is 75.8 Å². The lowest BCUT2D eigenvalue weighted by atomic mass is 10.1. The highest BCUT2D eigenvalue weighted by molar-refractivity contribution is 14.1. The van der Waals surface area contributed by atoms with E-state index in [1.165, 1.54) is 7.11 Å². The van der Waals surface area contributed by atoms with Crippen LogP contribution in [0.3, 0.4) is 0 Å². The molecule has 4 rings (SSSR count). The fourth-order valence-corrected chi connectivity index (χ4v) is 3.88. The number of hydrogen-bond donors (Lipinski definition) is 0. The topological polar surface area (TPSA) is 57.1 Å². The molecule has 1 aliphatic rings. The van der Waals surface area contributed by atoms with Crippen LogP contribution in [0.25, 0.3) is 6.08 Å². The third-order valence-electron chi connectivity index (χ3n) is 4.56. The summed E-state index contributed by atoms with van der Waals surface area (Å²) in [5.74, 6) is 0.614. The van der Waals surface area contributed by atoms with Crippen molar-refractivity contribution in [1.82, 2.24) is 0 Å². The predicted molar refractivity (Wildman–Crippen MR) is 136 cm³/mol. The summed E-state index contributed by atoms with van der Waals surface area (Å²) in [4.78, 5) is 16.6. The number of carbonyl (C=O) groups is 1. The van der Waals surface area contributed by atoms with Crippen LogP contribution >= 0.6 is 50.1 Å². The van der Waals surface area contributed by atoms with Gasteiger partial charge in [0.2, 0.25) is 5.90 Å². The number of carbonyl (C=O) groups excluding carboxylic acids is 1. The van der Waals surface area contributed by atoms with Gasteiger partial charge in [-0.15, -0.1) is 0 Å². The van der Waals surface area contributed by atoms with Gasteiger partial charge in [-0.2, -0.15) is 0 Å². The maximum absolute atomic E-state index is 12.3. The Morgan fingerprint density at radius 1 is 1.12 bits per heavy atom. The summed E-state index contributed by atoms with van der Waals surface area (Å²) < 4.78 is 18.8. The summed E-state index contributed by atoms with van der Waals surface area (Å²) in [6.07, 6.45) is 1.60. The Labute approximate surface area is 212 Å². The molecule has 0 fully saturated rings. The van der Waals surface area contributed by atoms with Crippen LogP contribution in [0, 0.1) is 3.57 Å². The normalized spacial score (nSPS) is 14.3. The number of esters is 1. The molecule has 0 radical (unpaired) electrons. The molecule has 5 nitrogen and oxygen atoms in total. The lowest BCUT2D eigenvalue weighted by Gasteiger charge is -2.13. The van der Waals surface area contributed by atoms with Crippen LogP contribution < -0.4 is 9.47 Å². The van der Waals surface area contributed by atoms with Crippen molar-refractivity contribution in [2.24, 2.45) is 4.99 Å². The van der Waals surface area contributed by atoms with Crippen molar-refractivity contribution in [2.75, 3.05) is 7.11 Å². The van der Waals surface area contributed by atoms with E-state index < -0.39 is 5.97 Å². The Hall–Kier alpha value is -2.36. The summed E-state index contributed by atoms with van der Waals surface area (Å²) >= 11 is 12.1. The molecule has 32 heavy (non-hydrogen) atoms. The van der Waals surface area contributed by atoms with E-state index in [0.717, 1.165) is 13.6 Å². The molecule has 0 saturated carbocycles. The molecular formula is C24H16BrClINO4. The largest absolute Gasteiger partial charge is 0.493 e. The van der Waals surface area contributed by atoms with Crippen molar-refractivity contribution in [1.29, 1.82) is 0 Å². The van der Waals surface area contributed by atoms with Crippen LogP contribution in [-0.2, 0) is 16.1 Å². The lowest BCUT2D eigenvalue weighted by molar-refractivity contribution is -0.129. The minimum Gasteiger partial charge on any atom is -0.493 e. The number of halogens is 3. The quantitative estimate of drug-likeness (QED) is 0.175. The second kappa shape index (κ2) is 10.1. The standard InChI is InChI=1S/C24H16BrClINO4/c1-30-21-12-15(10-19(26)22(21)31-13-14-2-8-18(27)9-3-14)11-20-24(29)32-23(28-20)16-4-6-17(25)7-5-16/h2-12H,13H2,1H3/b20-11-. The molecule has 0 saturated heterocycles. The van der Waals surface area contributed by atoms with Gasteiger partial charge in [0.1, 0.15) is 6.61 Å². The zero-order chi connectivity index (χ0) is 22.7. The average molecular weight is 625 g/mol. The smallest absolute Gasteiger partial charge is 0.363 e. The highest BCUT2D eigenvalue weighted by atomic mass is 127. The molecule has 162 valence electrons. The summed E-state index contributed by atoms with van der Waals surface area (Å²) in [6.45, 7) is 0.348. The SMILES string of the molecule is COc1cc(/C=C2\N=C(c3ccc(Br)cc3)OC2=O)cc(Cl)c1OCc1ccc(I)cc1. The van der Waals surface area contributed by atoms with E-state index in [0.29, 0.717) is 34.3 Å². The van der Waals surface area contributed by atoms with Crippen molar-refractivity contribution in [3.8, 4) is 11.5 Å². The molecule has 0 bridgehead atoms. The maximum atomic E-state index is 12.3. The zero-order valence-electron chi connectivity index (χ0n) is 16.8. The van der Waals surface area contributed by atoms with E-state index >= 15 is 0 Å². The van der Waals surface area contributed by atoms with Crippen LogP contribution in [0.1, 0.15) is 16.7 Å². The van der Waals surface area contributed by atoms with Gasteiger partial charge >= 0.3 is 5.97 Å². The Morgan fingerprint density at radius 2 is 1.84 bits per heavy atom. The molecule has 0 atom stereocenters. The van der Waals surface area contributed by atoms with Crippen molar-refractivity contribution in [3.63, 3.8) is 0 Å². The minimum atomic E-state index is -0.531. The fourth-order valence-electron chi connectivity index (χ4n) is 2.98. The highest BCUT2D eigenvalue weighted by Gasteiger charge is 2.24. The van der Waals surface area contributed by atoms with Crippen LogP contribution in [0.2, 0.25) is 5.02 Å². The van der Waals surface area contributed by atoms with Crippen molar-refractivity contribution in [2.45, 2.75) is 6.61 Å². The van der Waals surface area contributed by atoms with Crippen molar-refractivity contribution in [3.05, 3.63) is 96.1 Å². The number of nitrogens with zero attached hydrogens (tertiary/aromatic N) is 1. The first-order chi connectivity index (χ1) is 15.4. The highest BCUT2D eigenvalue weighted by Crippen LogP contribution is 2.38. The first kappa shape index (κ1) is 22.8. The molecular weight excluding hydrogens is 609 g/mol. The summed E-state index contributed by atoms with van der Waals surface area (Å²) in [5, 5.41) is 0.366. The third-order valence-corrected chi connectivity index (χ3v) is 6.09. The number of cyclic esters (lactones) is 1. The number of hydrogen-bond acceptors (Lipinski definition) is 5. The summed E-state index contributed by atoms with van der Waals surface area (Å²) in [5.41, 5.74) is 2.54. The molecule has 3 aromatic rings. The second-order valence-corrected chi connectivity index (χ2v) is 9.36. The molecule has 0 unspecified atom stereocenters. The van der Waals surface area contributed by atoms with Gasteiger partial charge in [-0.3, -0.25) is 0 Å². The van der Waals surface area contributed by atoms with E-state index in [1.54, 1.807) is 18.2 Å². The Kier molecular flexibility index (Phi) is 7.17. The number of ether oxygens (including phenoxy) is 3. The Bertz CT molecular complexity index is 1220. The molecule has 3 aromatic carbocycles. The molecule has 0 amide bonds. The van der Waals surface area contributed by atoms with E-state index in [1.807, 2.05) is 48.5 Å². The molecule has 1 aliphatic heterocycles. The number of rotatable bonds is 6. The van der Waals surface area contributed by atoms with Gasteiger partial charge in [0.15, 0.2) is 17.2 Å². The van der Waals surface area contributed by atoms with Gasteiger partial charge in [0.05, 0.1) is 12.1 Å². The average Bonchev–Trinajstić information content (AvgIpc) is 3.14. The molecule has 0 spiro atoms. The van der Waals surface area contributed by atoms with Gasteiger partial charge in [-0.1, -0.05) is 39.7 Å². The number of methoxy groups -OCH3 is 1. The molecule has 1 heterocycles. The summed E-state index contributed by atoms with van der Waals surface area (Å²) in [7, 11) is 1.54. The van der Waals surface area contributed by atoms with Crippen molar-refractivity contribution < 1.29 is 19.0 Å². The Morgan fingerprint density at radius 3 is 2.53 bits per heavy atom.